The summed E-state index contributed by atoms with van der Waals surface area (Å²) < 4.78 is 0.174. The molecule has 6 N–H and O–H groups in total. The number of hydrogen-bond acceptors (Lipinski definition) is 5. The number of carbonyl (C=O) groups excluding carboxylic acids is 1. The van der Waals surface area contributed by atoms with Crippen LogP contribution >= 0.6 is 23.8 Å². The Bertz CT molecular complexity index is 402. The number of anilines is 1. The monoisotopic (exact) mass is 219 g/mol. The predicted octanol–water partition coefficient (Wildman–Crippen LogP) is -0.0217. The quantitative estimate of drug-likeness (QED) is 0.230. The minimum absolute atomic E-state index is 0.00259. The van der Waals surface area contributed by atoms with Crippen LogP contribution in [0.5, 0.6) is 0 Å². The zero-order valence-electron chi connectivity index (χ0n) is 6.30. The fourth-order valence-electron chi connectivity index (χ4n) is 0.684. The molecule has 0 bridgehead atoms. The van der Waals surface area contributed by atoms with Gasteiger partial charge in [0, 0.05) is 0 Å². The number of aromatic nitrogens is 2. The Morgan fingerprint density at radius 2 is 2.31 bits per heavy atom. The van der Waals surface area contributed by atoms with Crippen molar-refractivity contribution in [2.45, 2.75) is 0 Å². The van der Waals surface area contributed by atoms with Gasteiger partial charge in [0.05, 0.1) is 0 Å². The van der Waals surface area contributed by atoms with Gasteiger partial charge in [0.2, 0.25) is 0 Å². The molecule has 0 saturated carbocycles. The number of H-pyrrole nitrogens is 1. The van der Waals surface area contributed by atoms with Crippen molar-refractivity contribution >= 4 is 35.5 Å². The van der Waals surface area contributed by atoms with Crippen molar-refractivity contribution in [2.24, 2.45) is 5.84 Å². The van der Waals surface area contributed by atoms with Crippen molar-refractivity contribution in [3.8, 4) is 0 Å². The number of halogens is 1. The second-order valence-corrected chi connectivity index (χ2v) is 2.86. The maximum Gasteiger partial charge on any atom is 0.287 e. The van der Waals surface area contributed by atoms with Crippen LogP contribution in [0.2, 0.25) is 5.15 Å². The van der Waals surface area contributed by atoms with E-state index in [4.69, 9.17) is 35.4 Å². The Balaban J connectivity index is 3.31. The van der Waals surface area contributed by atoms with Crippen molar-refractivity contribution in [1.29, 1.82) is 0 Å². The van der Waals surface area contributed by atoms with Crippen LogP contribution in [-0.2, 0) is 0 Å². The van der Waals surface area contributed by atoms with E-state index in [2.05, 4.69) is 9.97 Å². The Labute approximate surface area is 83.3 Å². The number of aromatic amines is 1. The molecule has 1 rings (SSSR count). The first-order valence-electron chi connectivity index (χ1n) is 3.12. The molecular weight excluding hydrogens is 214 g/mol. The van der Waals surface area contributed by atoms with Crippen molar-refractivity contribution in [2.75, 3.05) is 5.73 Å². The van der Waals surface area contributed by atoms with Gasteiger partial charge in [-0.15, -0.1) is 0 Å². The Hall–Kier alpha value is -1.18. The topological polar surface area (TPSA) is 110 Å². The van der Waals surface area contributed by atoms with Gasteiger partial charge in [-0.1, -0.05) is 23.8 Å². The molecule has 13 heavy (non-hydrogen) atoms. The van der Waals surface area contributed by atoms with Crippen molar-refractivity contribution in [3.05, 3.63) is 15.5 Å². The van der Waals surface area contributed by atoms with Gasteiger partial charge in [0.15, 0.2) is 10.8 Å². The minimum atomic E-state index is -0.634. The molecule has 6 nitrogen and oxygen atoms in total. The molecule has 0 radical (unpaired) electrons. The lowest BCUT2D eigenvalue weighted by atomic mass is 10.4. The van der Waals surface area contributed by atoms with Crippen LogP contribution in [0.4, 0.5) is 5.82 Å². The summed E-state index contributed by atoms with van der Waals surface area (Å²) in [6.45, 7) is 0. The first kappa shape index (κ1) is 9.90. The van der Waals surface area contributed by atoms with Crippen molar-refractivity contribution < 1.29 is 4.79 Å². The number of amides is 1. The number of nitrogens with zero attached hydrogens (tertiary/aromatic N) is 1. The Kier molecular flexibility index (Phi) is 2.81. The third-order valence-electron chi connectivity index (χ3n) is 1.25. The highest BCUT2D eigenvalue weighted by atomic mass is 35.5. The van der Waals surface area contributed by atoms with E-state index >= 15 is 0 Å². The zero-order chi connectivity index (χ0) is 10.0. The summed E-state index contributed by atoms with van der Waals surface area (Å²) in [6, 6.07) is 0. The van der Waals surface area contributed by atoms with Crippen molar-refractivity contribution in [3.63, 3.8) is 0 Å². The highest BCUT2D eigenvalue weighted by Gasteiger charge is 2.11. The highest BCUT2D eigenvalue weighted by Crippen LogP contribution is 2.11. The SMILES string of the molecule is NNC(=O)c1nc(Cl)c(=S)[nH]c1N. The van der Waals surface area contributed by atoms with Crippen LogP contribution in [0.15, 0.2) is 0 Å². The lowest BCUT2D eigenvalue weighted by Crippen LogP contribution is -2.31. The number of hydrogen-bond donors (Lipinski definition) is 4. The molecular formula is C5H6ClN5OS. The van der Waals surface area contributed by atoms with E-state index in [0.717, 1.165) is 0 Å². The van der Waals surface area contributed by atoms with Crippen LogP contribution in [0, 0.1) is 4.64 Å². The van der Waals surface area contributed by atoms with Gasteiger partial charge in [0.1, 0.15) is 10.5 Å². The molecule has 0 atom stereocenters. The van der Waals surface area contributed by atoms with Gasteiger partial charge < -0.3 is 10.7 Å². The van der Waals surface area contributed by atoms with E-state index in [0.29, 0.717) is 0 Å². The van der Waals surface area contributed by atoms with Gasteiger partial charge in [0.25, 0.3) is 5.91 Å². The molecule has 1 aromatic rings. The van der Waals surface area contributed by atoms with Crippen molar-refractivity contribution in [1.82, 2.24) is 15.4 Å². The van der Waals surface area contributed by atoms with Gasteiger partial charge in [-0.2, -0.15) is 0 Å². The predicted molar refractivity (Wildman–Crippen MR) is 50.5 cm³/mol. The number of rotatable bonds is 1. The van der Waals surface area contributed by atoms with E-state index in [1.54, 1.807) is 0 Å². The van der Waals surface area contributed by atoms with Gasteiger partial charge in [-0.05, 0) is 0 Å². The van der Waals surface area contributed by atoms with Gasteiger partial charge in [-0.3, -0.25) is 10.2 Å². The first-order valence-corrected chi connectivity index (χ1v) is 3.91. The molecule has 0 aliphatic heterocycles. The fraction of sp³-hybridized carbons (Fsp3) is 0. The number of nitrogens with two attached hydrogens (primary N) is 2. The maximum absolute atomic E-state index is 11.0. The molecule has 0 aliphatic carbocycles. The average Bonchev–Trinajstić information content (AvgIpc) is 2.10. The largest absolute Gasteiger partial charge is 0.383 e. The number of hydrazine groups is 1. The summed E-state index contributed by atoms with van der Waals surface area (Å²) in [6.07, 6.45) is 0. The molecule has 1 amide bonds. The molecule has 8 heteroatoms. The van der Waals surface area contributed by atoms with Gasteiger partial charge in [-0.25, -0.2) is 10.8 Å². The van der Waals surface area contributed by atoms with Crippen LogP contribution in [0.1, 0.15) is 10.5 Å². The molecule has 70 valence electrons. The average molecular weight is 220 g/mol. The second kappa shape index (κ2) is 3.69. The summed E-state index contributed by atoms with van der Waals surface area (Å²) in [4.78, 5) is 17.2. The minimum Gasteiger partial charge on any atom is -0.383 e. The highest BCUT2D eigenvalue weighted by molar-refractivity contribution is 7.71. The molecule has 0 spiro atoms. The summed E-state index contributed by atoms with van der Waals surface area (Å²) in [7, 11) is 0. The van der Waals surface area contributed by atoms with E-state index in [9.17, 15) is 4.79 Å². The van der Waals surface area contributed by atoms with E-state index in [1.165, 1.54) is 0 Å². The zero-order valence-corrected chi connectivity index (χ0v) is 7.87. The van der Waals surface area contributed by atoms with E-state index < -0.39 is 5.91 Å². The van der Waals surface area contributed by atoms with Gasteiger partial charge >= 0.3 is 0 Å². The molecule has 1 heterocycles. The molecule has 0 aliphatic rings. The third kappa shape index (κ3) is 1.94. The summed E-state index contributed by atoms with van der Waals surface area (Å²) in [5.74, 6) is 4.27. The molecule has 1 aromatic heterocycles. The summed E-state index contributed by atoms with van der Waals surface area (Å²) >= 11 is 10.3. The fourth-order valence-corrected chi connectivity index (χ4v) is 0.971. The lowest BCUT2D eigenvalue weighted by molar-refractivity contribution is 0.0949. The van der Waals surface area contributed by atoms with Crippen LogP contribution in [0.25, 0.3) is 0 Å². The second-order valence-electron chi connectivity index (χ2n) is 2.09. The Morgan fingerprint density at radius 1 is 1.69 bits per heavy atom. The number of carbonyl (C=O) groups is 1. The van der Waals surface area contributed by atoms with Crippen LogP contribution < -0.4 is 17.0 Å². The van der Waals surface area contributed by atoms with E-state index in [-0.39, 0.29) is 21.3 Å². The maximum atomic E-state index is 11.0. The molecule has 0 aromatic carbocycles. The smallest absolute Gasteiger partial charge is 0.287 e. The van der Waals surface area contributed by atoms with Crippen LogP contribution in [0.3, 0.4) is 0 Å². The summed E-state index contributed by atoms with van der Waals surface area (Å²) in [5.41, 5.74) is 7.20. The molecule has 0 saturated heterocycles. The number of nitrogens with one attached hydrogen (secondary N) is 2. The summed E-state index contributed by atoms with van der Waals surface area (Å²) in [5, 5.41) is 0.00259. The van der Waals surface area contributed by atoms with E-state index in [1.807, 2.05) is 5.43 Å². The number of nitrogen functional groups attached to an aromatic ring is 2. The molecule has 0 unspecified atom stereocenters. The standard InChI is InChI=1S/C5H6ClN5OS/c6-2-5(13)10-3(7)1(9-2)4(12)11-8/h8H2,(H,11,12)(H3,7,10,13). The third-order valence-corrected chi connectivity index (χ3v) is 1.93. The normalized spacial score (nSPS) is 9.69. The molecule has 0 fully saturated rings. The first-order chi connectivity index (χ1) is 6.06. The Morgan fingerprint density at radius 3 is 2.85 bits per heavy atom. The van der Waals surface area contributed by atoms with Crippen LogP contribution in [-0.4, -0.2) is 15.9 Å². The lowest BCUT2D eigenvalue weighted by Gasteiger charge is -2.02.